The number of carboxylic acid groups (broad SMARTS) is 2. The Bertz CT molecular complexity index is 1170. The summed E-state index contributed by atoms with van der Waals surface area (Å²) in [6.07, 6.45) is -7.09. The van der Waals surface area contributed by atoms with Crippen molar-refractivity contribution in [1.29, 1.82) is 0 Å². The SMILES string of the molecule is O=C(O)C(F)(F)F.O=C(O)C(F)(F)F.OC1(c2ccccn2)CCN(Cc2cc(-c3ccccc3)no2)CC1. The Kier molecular flexibility index (Phi) is 10.6. The normalized spacial score (nSPS) is 15.3. The van der Waals surface area contributed by atoms with Gasteiger partial charge < -0.3 is 19.8 Å². The number of alkyl halides is 6. The van der Waals surface area contributed by atoms with Gasteiger partial charge in [0.05, 0.1) is 12.2 Å². The number of hydrogen-bond donors (Lipinski definition) is 3. The number of rotatable bonds is 4. The Morgan fingerprint density at radius 2 is 1.41 bits per heavy atom. The first-order chi connectivity index (χ1) is 18.1. The van der Waals surface area contributed by atoms with Crippen molar-refractivity contribution in [1.82, 2.24) is 15.0 Å². The number of aliphatic hydroxyl groups is 1. The molecule has 1 fully saturated rings. The Hall–Kier alpha value is -3.98. The second-order valence-corrected chi connectivity index (χ2v) is 8.17. The van der Waals surface area contributed by atoms with E-state index in [-0.39, 0.29) is 0 Å². The first kappa shape index (κ1) is 31.2. The number of carbonyl (C=O) groups is 2. The monoisotopic (exact) mass is 563 g/mol. The van der Waals surface area contributed by atoms with Crippen molar-refractivity contribution in [3.05, 3.63) is 72.2 Å². The number of benzene rings is 1. The van der Waals surface area contributed by atoms with Crippen molar-refractivity contribution in [3.63, 3.8) is 0 Å². The number of aromatic nitrogens is 2. The number of nitrogens with zero attached hydrogens (tertiary/aromatic N) is 3. The predicted octanol–water partition coefficient (Wildman–Crippen LogP) is 4.49. The third-order valence-electron chi connectivity index (χ3n) is 5.32. The van der Waals surface area contributed by atoms with Gasteiger partial charge in [0.15, 0.2) is 5.76 Å². The van der Waals surface area contributed by atoms with Crippen molar-refractivity contribution in [2.24, 2.45) is 0 Å². The fraction of sp³-hybridized carbons (Fsp3) is 0.333. The van der Waals surface area contributed by atoms with Crippen LogP contribution in [0.2, 0.25) is 0 Å². The van der Waals surface area contributed by atoms with E-state index in [4.69, 9.17) is 24.3 Å². The van der Waals surface area contributed by atoms with Crippen LogP contribution in [0, 0.1) is 0 Å². The largest absolute Gasteiger partial charge is 0.490 e. The van der Waals surface area contributed by atoms with Crippen LogP contribution >= 0.6 is 0 Å². The van der Waals surface area contributed by atoms with E-state index in [1.807, 2.05) is 54.6 Å². The molecule has 0 saturated carbocycles. The molecule has 1 saturated heterocycles. The van der Waals surface area contributed by atoms with Crippen LogP contribution < -0.4 is 0 Å². The minimum Gasteiger partial charge on any atom is -0.475 e. The molecule has 212 valence electrons. The number of piperidine rings is 1. The summed E-state index contributed by atoms with van der Waals surface area (Å²) in [5, 5.41) is 29.3. The number of likely N-dealkylation sites (tertiary alicyclic amines) is 1. The molecular weight excluding hydrogens is 540 g/mol. The predicted molar refractivity (Wildman–Crippen MR) is 122 cm³/mol. The smallest absolute Gasteiger partial charge is 0.475 e. The molecule has 0 bridgehead atoms. The third-order valence-corrected chi connectivity index (χ3v) is 5.32. The van der Waals surface area contributed by atoms with Gasteiger partial charge in [0, 0.05) is 30.9 Å². The Balaban J connectivity index is 0.000000317. The van der Waals surface area contributed by atoms with E-state index in [9.17, 15) is 31.4 Å². The van der Waals surface area contributed by atoms with Crippen LogP contribution in [0.15, 0.2) is 65.3 Å². The highest BCUT2D eigenvalue weighted by Crippen LogP contribution is 2.32. The zero-order valence-corrected chi connectivity index (χ0v) is 20.0. The van der Waals surface area contributed by atoms with Crippen LogP contribution in [0.1, 0.15) is 24.3 Å². The molecule has 1 aliphatic rings. The first-order valence-electron chi connectivity index (χ1n) is 11.1. The molecule has 0 unspecified atom stereocenters. The maximum atomic E-state index is 10.9. The molecule has 0 spiro atoms. The highest BCUT2D eigenvalue weighted by molar-refractivity contribution is 5.73. The van der Waals surface area contributed by atoms with Gasteiger partial charge in [-0.25, -0.2) is 9.59 Å². The summed E-state index contributed by atoms with van der Waals surface area (Å²) in [5.41, 5.74) is 1.85. The minimum absolute atomic E-state index is 0.670. The molecule has 0 radical (unpaired) electrons. The average Bonchev–Trinajstić information content (AvgIpc) is 3.35. The van der Waals surface area contributed by atoms with Crippen LogP contribution in [-0.4, -0.2) is 67.7 Å². The van der Waals surface area contributed by atoms with Gasteiger partial charge in [-0.05, 0) is 25.0 Å². The number of aliphatic carboxylic acids is 2. The van der Waals surface area contributed by atoms with E-state index in [1.165, 1.54) is 0 Å². The van der Waals surface area contributed by atoms with E-state index in [0.717, 1.165) is 35.8 Å². The Labute approximate surface area is 217 Å². The van der Waals surface area contributed by atoms with Crippen LogP contribution in [-0.2, 0) is 21.7 Å². The summed E-state index contributed by atoms with van der Waals surface area (Å²) in [5.74, 6) is -4.66. The minimum atomic E-state index is -5.08. The van der Waals surface area contributed by atoms with E-state index < -0.39 is 29.9 Å². The third kappa shape index (κ3) is 10.0. The second kappa shape index (κ2) is 13.2. The van der Waals surface area contributed by atoms with Crippen LogP contribution in [0.3, 0.4) is 0 Å². The van der Waals surface area contributed by atoms with Crippen LogP contribution in [0.4, 0.5) is 26.3 Å². The van der Waals surface area contributed by atoms with Gasteiger partial charge >= 0.3 is 24.3 Å². The van der Waals surface area contributed by atoms with Gasteiger partial charge in [-0.2, -0.15) is 26.3 Å². The molecule has 2 aromatic heterocycles. The molecule has 39 heavy (non-hydrogen) atoms. The summed E-state index contributed by atoms with van der Waals surface area (Å²) >= 11 is 0. The molecule has 4 rings (SSSR count). The van der Waals surface area contributed by atoms with E-state index in [1.54, 1.807) is 6.20 Å². The van der Waals surface area contributed by atoms with E-state index in [0.29, 0.717) is 19.4 Å². The molecule has 3 N–H and O–H groups in total. The lowest BCUT2D eigenvalue weighted by Gasteiger charge is -2.37. The lowest BCUT2D eigenvalue weighted by molar-refractivity contribution is -0.193. The van der Waals surface area contributed by atoms with Gasteiger partial charge in [-0.3, -0.25) is 9.88 Å². The summed E-state index contributed by atoms with van der Waals surface area (Å²) < 4.78 is 69.0. The summed E-state index contributed by atoms with van der Waals surface area (Å²) in [4.78, 5) is 24.4. The lowest BCUT2D eigenvalue weighted by Crippen LogP contribution is -2.42. The fourth-order valence-electron chi connectivity index (χ4n) is 3.33. The molecule has 1 aliphatic heterocycles. The molecule has 3 heterocycles. The fourth-order valence-corrected chi connectivity index (χ4v) is 3.33. The number of carboxylic acids is 2. The highest BCUT2D eigenvalue weighted by Gasteiger charge is 2.39. The van der Waals surface area contributed by atoms with E-state index in [2.05, 4.69) is 15.0 Å². The average molecular weight is 563 g/mol. The standard InChI is InChI=1S/C20H21N3O2.2C2HF3O2/c24-20(19-8-4-5-11-21-19)9-12-23(13-10-20)15-17-14-18(22-25-17)16-6-2-1-3-7-16;2*3-2(4,5)1(6)7/h1-8,11,14,24H,9-10,12-13,15H2;2*(H,6,7). The van der Waals surface area contributed by atoms with Gasteiger partial charge in [-0.1, -0.05) is 41.6 Å². The Morgan fingerprint density at radius 1 is 0.897 bits per heavy atom. The van der Waals surface area contributed by atoms with Gasteiger partial charge in [0.2, 0.25) is 0 Å². The number of hydrogen-bond acceptors (Lipinski definition) is 7. The first-order valence-corrected chi connectivity index (χ1v) is 11.1. The molecule has 0 aliphatic carbocycles. The molecule has 15 heteroatoms. The number of halogens is 6. The highest BCUT2D eigenvalue weighted by atomic mass is 19.4. The summed E-state index contributed by atoms with van der Waals surface area (Å²) in [7, 11) is 0. The molecule has 9 nitrogen and oxygen atoms in total. The van der Waals surface area contributed by atoms with Gasteiger partial charge in [-0.15, -0.1) is 0 Å². The molecule has 1 aromatic carbocycles. The lowest BCUT2D eigenvalue weighted by atomic mass is 9.88. The van der Waals surface area contributed by atoms with Crippen molar-refractivity contribution < 1.29 is 55.8 Å². The molecule has 3 aromatic rings. The maximum Gasteiger partial charge on any atom is 0.490 e. The maximum absolute atomic E-state index is 10.9. The zero-order chi connectivity index (χ0) is 29.3. The second-order valence-electron chi connectivity index (χ2n) is 8.17. The van der Waals surface area contributed by atoms with Crippen molar-refractivity contribution in [2.75, 3.05) is 13.1 Å². The van der Waals surface area contributed by atoms with E-state index >= 15 is 0 Å². The van der Waals surface area contributed by atoms with Gasteiger partial charge in [0.1, 0.15) is 11.3 Å². The van der Waals surface area contributed by atoms with Gasteiger partial charge in [0.25, 0.3) is 0 Å². The van der Waals surface area contributed by atoms with Crippen molar-refractivity contribution in [2.45, 2.75) is 37.3 Å². The number of pyridine rings is 1. The van der Waals surface area contributed by atoms with Crippen molar-refractivity contribution >= 4 is 11.9 Å². The quantitative estimate of drug-likeness (QED) is 0.392. The topological polar surface area (TPSA) is 137 Å². The van der Waals surface area contributed by atoms with Crippen LogP contribution in [0.5, 0.6) is 0 Å². The molecular formula is C24H23F6N3O6. The van der Waals surface area contributed by atoms with Crippen LogP contribution in [0.25, 0.3) is 11.3 Å². The molecule has 0 amide bonds. The summed E-state index contributed by atoms with van der Waals surface area (Å²) in [6, 6.07) is 17.7. The summed E-state index contributed by atoms with van der Waals surface area (Å²) in [6.45, 7) is 2.31. The Morgan fingerprint density at radius 3 is 1.87 bits per heavy atom. The molecule has 0 atom stereocenters. The van der Waals surface area contributed by atoms with Crippen molar-refractivity contribution in [3.8, 4) is 11.3 Å². The zero-order valence-electron chi connectivity index (χ0n) is 20.0.